The van der Waals surface area contributed by atoms with Crippen molar-refractivity contribution in [2.45, 2.75) is 71.3 Å². The van der Waals surface area contributed by atoms with Crippen LogP contribution >= 0.6 is 0 Å². The molecular formula is C16H30N2O. The number of carbonyl (C=O) groups is 1. The molecule has 1 heterocycles. The molecule has 0 radical (unpaired) electrons. The van der Waals surface area contributed by atoms with Gasteiger partial charge in [-0.15, -0.1) is 0 Å². The number of likely N-dealkylation sites (tertiary alicyclic amines) is 1. The molecule has 1 saturated heterocycles. The van der Waals surface area contributed by atoms with Crippen LogP contribution in [-0.2, 0) is 4.79 Å². The molecule has 3 nitrogen and oxygen atoms in total. The summed E-state index contributed by atoms with van der Waals surface area (Å²) < 4.78 is 0. The van der Waals surface area contributed by atoms with Crippen LogP contribution in [0.2, 0.25) is 0 Å². The van der Waals surface area contributed by atoms with Crippen molar-refractivity contribution in [3.05, 3.63) is 0 Å². The Morgan fingerprint density at radius 3 is 2.47 bits per heavy atom. The van der Waals surface area contributed by atoms with E-state index in [-0.39, 0.29) is 5.41 Å². The highest BCUT2D eigenvalue weighted by molar-refractivity contribution is 5.83. The fraction of sp³-hybridized carbons (Fsp3) is 0.938. The lowest BCUT2D eigenvalue weighted by atomic mass is 9.81. The second-order valence-electron chi connectivity index (χ2n) is 6.72. The van der Waals surface area contributed by atoms with Crippen LogP contribution in [0.4, 0.5) is 0 Å². The Hall–Kier alpha value is -0.570. The normalized spacial score (nSPS) is 28.4. The molecule has 1 aliphatic carbocycles. The van der Waals surface area contributed by atoms with Crippen molar-refractivity contribution in [1.82, 2.24) is 4.90 Å². The molecule has 0 aromatic rings. The van der Waals surface area contributed by atoms with E-state index in [1.165, 1.54) is 44.9 Å². The van der Waals surface area contributed by atoms with Gasteiger partial charge in [0.25, 0.3) is 0 Å². The number of nitrogens with zero attached hydrogens (tertiary/aromatic N) is 1. The topological polar surface area (TPSA) is 46.3 Å². The number of rotatable bonds is 4. The highest BCUT2D eigenvalue weighted by atomic mass is 16.2. The zero-order chi connectivity index (χ0) is 13.9. The summed E-state index contributed by atoms with van der Waals surface area (Å²) in [7, 11) is 0. The molecule has 2 fully saturated rings. The SMILES string of the molecule is CCC(C)(CN)C(=O)N1CCCC1C1CCCCC1. The molecule has 2 unspecified atom stereocenters. The van der Waals surface area contributed by atoms with Crippen molar-refractivity contribution >= 4 is 5.91 Å². The van der Waals surface area contributed by atoms with E-state index in [1.54, 1.807) is 0 Å². The van der Waals surface area contributed by atoms with Gasteiger partial charge in [-0.2, -0.15) is 0 Å². The van der Waals surface area contributed by atoms with Gasteiger partial charge in [-0.1, -0.05) is 26.2 Å². The Kier molecular flexibility index (Phi) is 4.88. The van der Waals surface area contributed by atoms with E-state index < -0.39 is 0 Å². The van der Waals surface area contributed by atoms with Gasteiger partial charge in [-0.3, -0.25) is 4.79 Å². The van der Waals surface area contributed by atoms with Crippen LogP contribution in [0.3, 0.4) is 0 Å². The third kappa shape index (κ3) is 2.96. The van der Waals surface area contributed by atoms with Crippen molar-refractivity contribution in [2.24, 2.45) is 17.1 Å². The molecule has 19 heavy (non-hydrogen) atoms. The molecule has 0 aromatic heterocycles. The second-order valence-corrected chi connectivity index (χ2v) is 6.72. The van der Waals surface area contributed by atoms with Gasteiger partial charge in [-0.05, 0) is 44.9 Å². The van der Waals surface area contributed by atoms with Crippen molar-refractivity contribution in [3.63, 3.8) is 0 Å². The number of hydrogen-bond acceptors (Lipinski definition) is 2. The Morgan fingerprint density at radius 2 is 1.89 bits per heavy atom. The molecular weight excluding hydrogens is 236 g/mol. The standard InChI is InChI=1S/C16H30N2O/c1-3-16(2,12-17)15(19)18-11-7-10-14(18)13-8-5-4-6-9-13/h13-14H,3-12,17H2,1-2H3. The summed E-state index contributed by atoms with van der Waals surface area (Å²) in [6.07, 6.45) is 9.96. The fourth-order valence-electron chi connectivity index (χ4n) is 3.78. The summed E-state index contributed by atoms with van der Waals surface area (Å²) in [6, 6.07) is 0.505. The predicted molar refractivity (Wildman–Crippen MR) is 78.8 cm³/mol. The molecule has 110 valence electrons. The molecule has 2 rings (SSSR count). The van der Waals surface area contributed by atoms with Gasteiger partial charge in [0.05, 0.1) is 5.41 Å². The molecule has 1 saturated carbocycles. The molecule has 2 atom stereocenters. The lowest BCUT2D eigenvalue weighted by Crippen LogP contribution is -2.50. The molecule has 1 aliphatic heterocycles. The smallest absolute Gasteiger partial charge is 0.230 e. The van der Waals surface area contributed by atoms with Gasteiger partial charge in [0.2, 0.25) is 5.91 Å². The summed E-state index contributed by atoms with van der Waals surface area (Å²) in [5, 5.41) is 0. The first-order valence-electron chi connectivity index (χ1n) is 8.13. The monoisotopic (exact) mass is 266 g/mol. The quantitative estimate of drug-likeness (QED) is 0.850. The van der Waals surface area contributed by atoms with Crippen LogP contribution in [0.5, 0.6) is 0 Å². The van der Waals surface area contributed by atoms with Crippen molar-refractivity contribution < 1.29 is 4.79 Å². The van der Waals surface area contributed by atoms with Crippen molar-refractivity contribution in [2.75, 3.05) is 13.1 Å². The lowest BCUT2D eigenvalue weighted by Gasteiger charge is -2.38. The number of nitrogens with two attached hydrogens (primary N) is 1. The van der Waals surface area contributed by atoms with Gasteiger partial charge >= 0.3 is 0 Å². The molecule has 0 bridgehead atoms. The van der Waals surface area contributed by atoms with Gasteiger partial charge in [0, 0.05) is 19.1 Å². The van der Waals surface area contributed by atoms with Gasteiger partial charge in [0.1, 0.15) is 0 Å². The number of amides is 1. The summed E-state index contributed by atoms with van der Waals surface area (Å²) in [4.78, 5) is 15.0. The maximum Gasteiger partial charge on any atom is 0.230 e. The first-order valence-corrected chi connectivity index (χ1v) is 8.13. The van der Waals surface area contributed by atoms with Crippen LogP contribution in [0.1, 0.15) is 65.2 Å². The highest BCUT2D eigenvalue weighted by Gasteiger charge is 2.41. The van der Waals surface area contributed by atoms with Crippen molar-refractivity contribution in [1.29, 1.82) is 0 Å². The molecule has 1 amide bonds. The van der Waals surface area contributed by atoms with Crippen LogP contribution < -0.4 is 5.73 Å². The predicted octanol–water partition coefficient (Wildman–Crippen LogP) is 2.93. The maximum atomic E-state index is 12.8. The fourth-order valence-corrected chi connectivity index (χ4v) is 3.78. The molecule has 0 aromatic carbocycles. The van der Waals surface area contributed by atoms with Crippen LogP contribution in [0.15, 0.2) is 0 Å². The van der Waals surface area contributed by atoms with Crippen LogP contribution in [0, 0.1) is 11.3 Å². The van der Waals surface area contributed by atoms with E-state index in [0.717, 1.165) is 18.9 Å². The Morgan fingerprint density at radius 1 is 1.21 bits per heavy atom. The minimum atomic E-state index is -0.350. The zero-order valence-electron chi connectivity index (χ0n) is 12.7. The Bertz CT molecular complexity index is 306. The maximum absolute atomic E-state index is 12.8. The average molecular weight is 266 g/mol. The van der Waals surface area contributed by atoms with Crippen LogP contribution in [0.25, 0.3) is 0 Å². The Balaban J connectivity index is 2.07. The average Bonchev–Trinajstić information content (AvgIpc) is 2.95. The third-order valence-corrected chi connectivity index (χ3v) is 5.50. The molecule has 3 heteroatoms. The minimum Gasteiger partial charge on any atom is -0.339 e. The van der Waals surface area contributed by atoms with E-state index in [4.69, 9.17) is 5.73 Å². The molecule has 2 N–H and O–H groups in total. The van der Waals surface area contributed by atoms with E-state index in [0.29, 0.717) is 18.5 Å². The number of carbonyl (C=O) groups excluding carboxylic acids is 1. The van der Waals surface area contributed by atoms with E-state index in [1.807, 2.05) is 6.92 Å². The van der Waals surface area contributed by atoms with Gasteiger partial charge < -0.3 is 10.6 Å². The second kappa shape index (κ2) is 6.25. The summed E-state index contributed by atoms with van der Waals surface area (Å²) >= 11 is 0. The summed E-state index contributed by atoms with van der Waals surface area (Å²) in [6.45, 7) is 5.54. The van der Waals surface area contributed by atoms with Gasteiger partial charge in [-0.25, -0.2) is 0 Å². The van der Waals surface area contributed by atoms with Crippen LogP contribution in [-0.4, -0.2) is 29.9 Å². The lowest BCUT2D eigenvalue weighted by molar-refractivity contribution is -0.143. The summed E-state index contributed by atoms with van der Waals surface area (Å²) in [5.41, 5.74) is 5.51. The van der Waals surface area contributed by atoms with E-state index in [2.05, 4.69) is 11.8 Å². The first-order chi connectivity index (χ1) is 9.12. The highest BCUT2D eigenvalue weighted by Crippen LogP contribution is 2.36. The van der Waals surface area contributed by atoms with Gasteiger partial charge in [0.15, 0.2) is 0 Å². The summed E-state index contributed by atoms with van der Waals surface area (Å²) in [5.74, 6) is 1.06. The van der Waals surface area contributed by atoms with E-state index in [9.17, 15) is 4.79 Å². The molecule has 0 spiro atoms. The Labute approximate surface area is 117 Å². The first kappa shape index (κ1) is 14.8. The minimum absolute atomic E-state index is 0.311. The number of hydrogen-bond donors (Lipinski definition) is 1. The van der Waals surface area contributed by atoms with Crippen molar-refractivity contribution in [3.8, 4) is 0 Å². The largest absolute Gasteiger partial charge is 0.339 e. The molecule has 2 aliphatic rings. The third-order valence-electron chi connectivity index (χ3n) is 5.50. The van der Waals surface area contributed by atoms with E-state index >= 15 is 0 Å². The zero-order valence-corrected chi connectivity index (χ0v) is 12.7.